The van der Waals surface area contributed by atoms with E-state index in [9.17, 15) is 110 Å². The highest BCUT2D eigenvalue weighted by molar-refractivity contribution is 7.97. The average molecular weight is 1130 g/mol. The normalized spacial score (nSPS) is 13.8. The van der Waals surface area contributed by atoms with E-state index in [1.54, 1.807) is 0 Å². The highest BCUT2D eigenvalue weighted by Gasteiger charge is 2.47. The van der Waals surface area contributed by atoms with Crippen LogP contribution in [0, 0.1) is 13.8 Å². The molecule has 0 aliphatic carbocycles. The zero-order chi connectivity index (χ0) is 57.7. The van der Waals surface area contributed by atoms with E-state index < -0.39 is 195 Å². The van der Waals surface area contributed by atoms with Crippen LogP contribution in [-0.4, -0.2) is 23.9 Å². The summed E-state index contributed by atoms with van der Waals surface area (Å²) in [4.78, 5) is 13.5. The Labute approximate surface area is 416 Å². The first-order valence-electron chi connectivity index (χ1n) is 21.0. The molecule has 0 spiro atoms. The molecule has 0 amide bonds. The van der Waals surface area contributed by atoms with E-state index in [1.165, 1.54) is 16.0 Å². The first-order valence-corrected chi connectivity index (χ1v) is 22.8. The summed E-state index contributed by atoms with van der Waals surface area (Å²) in [6.45, 7) is 4.26. The van der Waals surface area contributed by atoms with Crippen molar-refractivity contribution in [2.75, 3.05) is 12.0 Å². The van der Waals surface area contributed by atoms with E-state index in [0.29, 0.717) is 5.75 Å². The first-order chi connectivity index (χ1) is 34.4. The Morgan fingerprint density at radius 2 is 0.618 bits per heavy atom. The molecule has 6 rings (SSSR count). The second-order valence-corrected chi connectivity index (χ2v) is 19.0. The van der Waals surface area contributed by atoms with Crippen molar-refractivity contribution >= 4 is 44.7 Å². The van der Waals surface area contributed by atoms with E-state index in [0.717, 1.165) is 5.56 Å². The first kappa shape index (κ1) is 60.6. The largest absolute Gasteiger partial charge is 0.416 e. The van der Waals surface area contributed by atoms with E-state index in [2.05, 4.69) is 38.3 Å². The monoisotopic (exact) mass is 1130 g/mol. The third-order valence-electron chi connectivity index (χ3n) is 11.8. The minimum Gasteiger partial charge on any atom is -0.289 e. The minimum absolute atomic E-state index is 0.0354. The third-order valence-corrected chi connectivity index (χ3v) is 13.7. The van der Waals surface area contributed by atoms with Gasteiger partial charge >= 0.3 is 49.4 Å². The lowest BCUT2D eigenvalue weighted by Crippen LogP contribution is -2.75. The van der Waals surface area contributed by atoms with Crippen LogP contribution in [0.4, 0.5) is 105 Å². The molecule has 0 fully saturated rings. The maximum atomic E-state index is 14.2. The van der Waals surface area contributed by atoms with Crippen LogP contribution in [0.2, 0.25) is 0 Å². The summed E-state index contributed by atoms with van der Waals surface area (Å²) in [6.07, 6.45) is -52.7. The van der Waals surface area contributed by atoms with E-state index in [-0.39, 0.29) is 16.7 Å². The number of carbonyl (C=O) groups is 1. The molecule has 410 valence electrons. The average Bonchev–Trinajstić information content (AvgIpc) is 3.28. The summed E-state index contributed by atoms with van der Waals surface area (Å²) < 4.78 is 341. The summed E-state index contributed by atoms with van der Waals surface area (Å²) in [5.74, 6) is 0.821. The smallest absolute Gasteiger partial charge is 0.289 e. The molecule has 0 heterocycles. The summed E-state index contributed by atoms with van der Waals surface area (Å²) in [6, 6.07) is 7.08. The number of Topliss-reactive ketones (excluding diaryl/α,β-unsaturated/α-hetero) is 1. The van der Waals surface area contributed by atoms with Gasteiger partial charge in [0.15, 0.2) is 10.6 Å². The Kier molecular flexibility index (Phi) is 16.7. The van der Waals surface area contributed by atoms with Crippen molar-refractivity contribution < 1.29 is 110 Å². The molecule has 1 unspecified atom stereocenters. The van der Waals surface area contributed by atoms with Gasteiger partial charge in [0.1, 0.15) is 12.4 Å². The van der Waals surface area contributed by atoms with Gasteiger partial charge in [-0.2, -0.15) is 127 Å². The molecule has 0 radical (unpaired) electrons. The van der Waals surface area contributed by atoms with Crippen molar-refractivity contribution in [1.29, 1.82) is 0 Å². The maximum absolute atomic E-state index is 14.2. The minimum atomic E-state index is -6.13. The molecule has 0 saturated heterocycles. The van der Waals surface area contributed by atoms with Gasteiger partial charge in [-0.1, -0.05) is 91.0 Å². The fraction of sp³-hybridized carbons (Fsp3) is 0.245. The molecule has 76 heavy (non-hydrogen) atoms. The van der Waals surface area contributed by atoms with Gasteiger partial charge in [-0.25, -0.2) is 0 Å². The van der Waals surface area contributed by atoms with Crippen LogP contribution in [-0.2, 0) is 60.3 Å². The Balaban J connectivity index is 0.000000468. The molecule has 1 atom stereocenters. The van der Waals surface area contributed by atoms with Crippen LogP contribution in [0.1, 0.15) is 66.0 Å². The number of hydrogen-bond acceptors (Lipinski definition) is 1. The summed E-state index contributed by atoms with van der Waals surface area (Å²) in [5.41, 5.74) is -26.8. The van der Waals surface area contributed by atoms with Crippen molar-refractivity contribution in [1.82, 2.24) is 0 Å². The lowest BCUT2D eigenvalue weighted by Gasteiger charge is -2.46. The standard InChI is InChI=1S/C32H12BF24.C17H19OS/c34-25(35,36)13-1-14(26(37,38)39)6-21(5-13)33(22-7-15(27(40,41)42)2-16(8-22)28(43,44)45,23-9-17(29(46,47)48)3-18(10-23)30(49,50)51)24-11-19(31(52,53)54)4-20(12-24)32(55,56)57;1-13-8-7-11-17(14(13)2)19(3)12-16(18)15-9-5-4-6-10-15/h1-12H;4-11H,12H2,1-3H3/q-1;+1. The Hall–Kier alpha value is -6.28. The Morgan fingerprint density at radius 1 is 0.368 bits per heavy atom. The summed E-state index contributed by atoms with van der Waals surface area (Å²) >= 11 is 0. The maximum Gasteiger partial charge on any atom is 0.416 e. The molecule has 0 saturated carbocycles. The molecular weight excluding hydrogens is 1100 g/mol. The van der Waals surface area contributed by atoms with Crippen LogP contribution in [0.25, 0.3) is 0 Å². The number of ketones is 1. The van der Waals surface area contributed by atoms with Crippen LogP contribution in [0.15, 0.2) is 126 Å². The fourth-order valence-corrected chi connectivity index (χ4v) is 9.86. The van der Waals surface area contributed by atoms with Crippen LogP contribution in [0.5, 0.6) is 0 Å². The molecule has 0 N–H and O–H groups in total. The lowest BCUT2D eigenvalue weighted by molar-refractivity contribution is -0.144. The molecule has 6 aromatic carbocycles. The van der Waals surface area contributed by atoms with E-state index >= 15 is 0 Å². The second-order valence-electron chi connectivity index (χ2n) is 17.0. The van der Waals surface area contributed by atoms with Crippen LogP contribution < -0.4 is 21.9 Å². The predicted octanol–water partition coefficient (Wildman–Crippen LogP) is 15.0. The highest BCUT2D eigenvalue weighted by atomic mass is 32.2. The van der Waals surface area contributed by atoms with Gasteiger partial charge in [0, 0.05) is 22.0 Å². The van der Waals surface area contributed by atoms with Crippen LogP contribution in [0.3, 0.4) is 0 Å². The van der Waals surface area contributed by atoms with Crippen molar-refractivity contribution in [3.05, 3.63) is 183 Å². The number of hydrogen-bond donors (Lipinski definition) is 0. The van der Waals surface area contributed by atoms with Crippen molar-refractivity contribution in [3.8, 4) is 0 Å². The number of benzene rings is 6. The van der Waals surface area contributed by atoms with Gasteiger partial charge in [-0.15, -0.1) is 0 Å². The SMILES string of the molecule is Cc1cccc([S+](C)CC(=O)c2ccccc2)c1C.FC(F)(F)c1cc([B-](c2cc(C(F)(F)F)cc(C(F)(F)F)c2)(c2cc(C(F)(F)F)cc(C(F)(F)F)c2)c2cc(C(F)(F)F)cc(C(F)(F)F)c2)cc(C(F)(F)F)c1. The summed E-state index contributed by atoms with van der Waals surface area (Å²) in [7, 11) is -0.0354. The molecule has 0 aliphatic rings. The van der Waals surface area contributed by atoms with Crippen molar-refractivity contribution in [2.24, 2.45) is 0 Å². The van der Waals surface area contributed by atoms with Gasteiger partial charge in [0.05, 0.1) is 44.5 Å². The number of carbonyl (C=O) groups excluding carboxylic acids is 1. The molecule has 0 bridgehead atoms. The quantitative estimate of drug-likeness (QED) is 0.0642. The van der Waals surface area contributed by atoms with Gasteiger partial charge in [-0.3, -0.25) is 4.79 Å². The topological polar surface area (TPSA) is 17.1 Å². The predicted molar refractivity (Wildman–Crippen MR) is 233 cm³/mol. The van der Waals surface area contributed by atoms with Crippen LogP contribution >= 0.6 is 0 Å². The Morgan fingerprint density at radius 3 is 0.855 bits per heavy atom. The summed E-state index contributed by atoms with van der Waals surface area (Å²) in [5, 5.41) is 0. The highest BCUT2D eigenvalue weighted by Crippen LogP contribution is 2.41. The third kappa shape index (κ3) is 13.8. The molecule has 6 aromatic rings. The van der Waals surface area contributed by atoms with Gasteiger partial charge < -0.3 is 0 Å². The number of alkyl halides is 24. The molecule has 1 nitrogen and oxygen atoms in total. The zero-order valence-corrected chi connectivity index (χ0v) is 39.0. The Bertz CT molecular complexity index is 2630. The zero-order valence-electron chi connectivity index (χ0n) is 38.2. The fourth-order valence-electron chi connectivity index (χ4n) is 8.15. The van der Waals surface area contributed by atoms with Crippen molar-refractivity contribution in [3.63, 3.8) is 0 Å². The number of aryl methyl sites for hydroxylation is 1. The lowest BCUT2D eigenvalue weighted by atomic mass is 9.12. The molecule has 0 aromatic heterocycles. The molecule has 0 aliphatic heterocycles. The number of halogens is 24. The number of rotatable bonds is 8. The van der Waals surface area contributed by atoms with E-state index in [4.69, 9.17) is 0 Å². The molecular formula is C49H31BF24OS. The van der Waals surface area contributed by atoms with Gasteiger partial charge in [0.25, 0.3) is 0 Å². The van der Waals surface area contributed by atoms with Gasteiger partial charge in [0.2, 0.25) is 5.78 Å². The van der Waals surface area contributed by atoms with Crippen molar-refractivity contribution in [2.45, 2.75) is 68.2 Å². The molecule has 27 heteroatoms. The van der Waals surface area contributed by atoms with E-state index in [1.807, 2.05) is 30.3 Å². The van der Waals surface area contributed by atoms with Gasteiger partial charge in [-0.05, 0) is 49.7 Å². The second kappa shape index (κ2) is 20.9.